The van der Waals surface area contributed by atoms with E-state index in [4.69, 9.17) is 5.26 Å². The first-order valence-corrected chi connectivity index (χ1v) is 5.72. The normalized spacial score (nSPS) is 9.93. The van der Waals surface area contributed by atoms with Crippen molar-refractivity contribution in [2.75, 3.05) is 5.75 Å². The molecule has 0 aromatic carbocycles. The Morgan fingerprint density at radius 2 is 2.13 bits per heavy atom. The molecule has 1 amide bonds. The fourth-order valence-corrected chi connectivity index (χ4v) is 1.47. The van der Waals surface area contributed by atoms with Crippen LogP contribution in [0.5, 0.6) is 0 Å². The number of carbonyl (C=O) groups is 1. The van der Waals surface area contributed by atoms with E-state index in [0.717, 1.165) is 43.5 Å². The number of amides is 1. The highest BCUT2D eigenvalue weighted by Gasteiger charge is 1.98. The highest BCUT2D eigenvalue weighted by molar-refractivity contribution is 7.94. The van der Waals surface area contributed by atoms with E-state index in [9.17, 15) is 4.79 Å². The summed E-state index contributed by atoms with van der Waals surface area (Å²) in [5, 5.41) is 13.8. The van der Waals surface area contributed by atoms with Crippen LogP contribution in [0.2, 0.25) is 0 Å². The predicted octanol–water partition coefficient (Wildman–Crippen LogP) is 2.27. The van der Waals surface area contributed by atoms with Crippen molar-refractivity contribution in [1.82, 2.24) is 5.32 Å². The summed E-state index contributed by atoms with van der Waals surface area (Å²) in [6.45, 7) is 3.41. The molecule has 0 saturated carbocycles. The zero-order valence-electron chi connectivity index (χ0n) is 8.61. The van der Waals surface area contributed by atoms with Crippen LogP contribution in [0.15, 0.2) is 12.8 Å². The third-order valence-electron chi connectivity index (χ3n) is 1.72. The molecule has 0 aliphatic carbocycles. The molecule has 0 aliphatic rings. The van der Waals surface area contributed by atoms with Gasteiger partial charge in [-0.25, -0.2) is 5.26 Å². The standard InChI is InChI=1S/C9H17NO4S/c1-2-10-9(11)7-5-3-4-6-8-15-14-13-12/h2,12H,1,3-8H2,(H,10,11). The van der Waals surface area contributed by atoms with E-state index >= 15 is 0 Å². The summed E-state index contributed by atoms with van der Waals surface area (Å²) >= 11 is 1.06. The van der Waals surface area contributed by atoms with Crippen LogP contribution in [0.4, 0.5) is 0 Å². The molecule has 0 bridgehead atoms. The van der Waals surface area contributed by atoms with Gasteiger partial charge in [-0.3, -0.25) is 4.79 Å². The molecule has 0 atom stereocenters. The Morgan fingerprint density at radius 3 is 2.80 bits per heavy atom. The van der Waals surface area contributed by atoms with E-state index in [2.05, 4.69) is 21.3 Å². The smallest absolute Gasteiger partial charge is 0.223 e. The van der Waals surface area contributed by atoms with Crippen molar-refractivity contribution in [2.45, 2.75) is 32.1 Å². The molecule has 0 rings (SSSR count). The molecule has 6 heteroatoms. The van der Waals surface area contributed by atoms with E-state index in [1.807, 2.05) is 0 Å². The molecule has 0 heterocycles. The van der Waals surface area contributed by atoms with Gasteiger partial charge in [-0.05, 0) is 19.0 Å². The van der Waals surface area contributed by atoms with Crippen molar-refractivity contribution in [3.63, 3.8) is 0 Å². The Balaban J connectivity index is 3.04. The minimum absolute atomic E-state index is 0.0105. The van der Waals surface area contributed by atoms with Gasteiger partial charge >= 0.3 is 0 Å². The minimum atomic E-state index is 0.0105. The molecule has 0 aromatic heterocycles. The van der Waals surface area contributed by atoms with Crippen molar-refractivity contribution in [3.05, 3.63) is 12.8 Å². The van der Waals surface area contributed by atoms with Crippen LogP contribution in [0.3, 0.4) is 0 Å². The van der Waals surface area contributed by atoms with Gasteiger partial charge in [-0.15, -0.1) is 4.33 Å². The number of hydrogen-bond acceptors (Lipinski definition) is 5. The topological polar surface area (TPSA) is 67.8 Å². The van der Waals surface area contributed by atoms with Crippen molar-refractivity contribution in [1.29, 1.82) is 0 Å². The maximum absolute atomic E-state index is 11.0. The van der Waals surface area contributed by atoms with Crippen LogP contribution >= 0.6 is 12.0 Å². The second-order valence-electron chi connectivity index (χ2n) is 2.90. The van der Waals surface area contributed by atoms with Gasteiger partial charge in [-0.2, -0.15) is 0 Å². The third-order valence-corrected chi connectivity index (χ3v) is 2.34. The first-order chi connectivity index (χ1) is 7.31. The summed E-state index contributed by atoms with van der Waals surface area (Å²) in [5.41, 5.74) is 0. The van der Waals surface area contributed by atoms with Crippen LogP contribution in [0, 0.1) is 0 Å². The Hall–Kier alpha value is -0.560. The Bertz CT molecular complexity index is 177. The third kappa shape index (κ3) is 11.4. The van der Waals surface area contributed by atoms with Crippen LogP contribution < -0.4 is 5.32 Å². The fraction of sp³-hybridized carbons (Fsp3) is 0.667. The SMILES string of the molecule is C=CNC(=O)CCCCCCSOOO. The molecule has 0 spiro atoms. The van der Waals surface area contributed by atoms with E-state index in [0.29, 0.717) is 6.42 Å². The minimum Gasteiger partial charge on any atom is -0.333 e. The number of unbranched alkanes of at least 4 members (excludes halogenated alkanes) is 3. The highest BCUT2D eigenvalue weighted by Crippen LogP contribution is 2.09. The first kappa shape index (κ1) is 14.4. The summed E-state index contributed by atoms with van der Waals surface area (Å²) in [5.74, 6) is 0.774. The fourth-order valence-electron chi connectivity index (χ4n) is 1.04. The van der Waals surface area contributed by atoms with Gasteiger partial charge in [0.05, 0.1) is 0 Å². The van der Waals surface area contributed by atoms with Gasteiger partial charge in [0.1, 0.15) is 0 Å². The Morgan fingerprint density at radius 1 is 1.40 bits per heavy atom. The summed E-state index contributed by atoms with van der Waals surface area (Å²) in [6, 6.07) is 0. The maximum Gasteiger partial charge on any atom is 0.223 e. The lowest BCUT2D eigenvalue weighted by atomic mass is 10.1. The van der Waals surface area contributed by atoms with E-state index in [-0.39, 0.29) is 5.91 Å². The largest absolute Gasteiger partial charge is 0.333 e. The van der Waals surface area contributed by atoms with Crippen molar-refractivity contribution in [2.24, 2.45) is 0 Å². The van der Waals surface area contributed by atoms with Crippen LogP contribution in [0.1, 0.15) is 32.1 Å². The molecule has 5 nitrogen and oxygen atoms in total. The van der Waals surface area contributed by atoms with E-state index < -0.39 is 0 Å². The van der Waals surface area contributed by atoms with Gasteiger partial charge in [0.2, 0.25) is 5.91 Å². The molecule has 0 aromatic rings. The maximum atomic E-state index is 11.0. The number of hydrogen-bond donors (Lipinski definition) is 2. The molecule has 2 N–H and O–H groups in total. The lowest BCUT2D eigenvalue weighted by Crippen LogP contribution is -2.15. The van der Waals surface area contributed by atoms with Crippen LogP contribution in [-0.2, 0) is 14.2 Å². The molecule has 0 fully saturated rings. The summed E-state index contributed by atoms with van der Waals surface area (Å²) in [7, 11) is 0. The summed E-state index contributed by atoms with van der Waals surface area (Å²) in [4.78, 5) is 11.0. The zero-order chi connectivity index (χ0) is 11.4. The quantitative estimate of drug-likeness (QED) is 0.263. The van der Waals surface area contributed by atoms with Gasteiger partial charge < -0.3 is 5.32 Å². The van der Waals surface area contributed by atoms with Crippen molar-refractivity contribution >= 4 is 17.9 Å². The second kappa shape index (κ2) is 11.5. The molecule has 0 unspecified atom stereocenters. The Labute approximate surface area is 93.9 Å². The molecule has 0 saturated heterocycles. The monoisotopic (exact) mass is 235 g/mol. The predicted molar refractivity (Wildman–Crippen MR) is 58.7 cm³/mol. The van der Waals surface area contributed by atoms with E-state index in [1.54, 1.807) is 0 Å². The lowest BCUT2D eigenvalue weighted by Gasteiger charge is -2.00. The molecule has 15 heavy (non-hydrogen) atoms. The van der Waals surface area contributed by atoms with Gasteiger partial charge in [0.15, 0.2) is 0 Å². The van der Waals surface area contributed by atoms with Gasteiger partial charge in [0, 0.05) is 24.2 Å². The van der Waals surface area contributed by atoms with Crippen LogP contribution in [0.25, 0.3) is 0 Å². The first-order valence-electron chi connectivity index (χ1n) is 4.81. The highest BCUT2D eigenvalue weighted by atomic mass is 32.2. The van der Waals surface area contributed by atoms with Crippen LogP contribution in [-0.4, -0.2) is 16.9 Å². The van der Waals surface area contributed by atoms with Crippen molar-refractivity contribution < 1.29 is 19.4 Å². The molecular formula is C9H17NO4S. The summed E-state index contributed by atoms with van der Waals surface area (Å²) in [6.07, 6.45) is 5.81. The Kier molecular flexibility index (Phi) is 11.1. The zero-order valence-corrected chi connectivity index (χ0v) is 9.42. The van der Waals surface area contributed by atoms with Gasteiger partial charge in [-0.1, -0.05) is 24.5 Å². The van der Waals surface area contributed by atoms with E-state index in [1.165, 1.54) is 6.20 Å². The molecule has 0 radical (unpaired) electrons. The second-order valence-corrected chi connectivity index (χ2v) is 3.68. The number of rotatable bonds is 10. The van der Waals surface area contributed by atoms with Gasteiger partial charge in [0.25, 0.3) is 0 Å². The molecular weight excluding hydrogens is 218 g/mol. The molecule has 0 aliphatic heterocycles. The number of nitrogens with one attached hydrogen (secondary N) is 1. The average Bonchev–Trinajstić information content (AvgIpc) is 2.22. The average molecular weight is 235 g/mol. The lowest BCUT2D eigenvalue weighted by molar-refractivity contribution is -0.432. The molecule has 88 valence electrons. The number of carbonyl (C=O) groups excluding carboxylic acids is 1. The van der Waals surface area contributed by atoms with Crippen molar-refractivity contribution in [3.8, 4) is 0 Å². The summed E-state index contributed by atoms with van der Waals surface area (Å²) < 4.78 is 4.21.